The van der Waals surface area contributed by atoms with Gasteiger partial charge >= 0.3 is 11.9 Å². The summed E-state index contributed by atoms with van der Waals surface area (Å²) in [4.78, 5) is 27.8. The highest BCUT2D eigenvalue weighted by Crippen LogP contribution is 2.27. The van der Waals surface area contributed by atoms with E-state index in [-0.39, 0.29) is 29.4 Å². The molecule has 0 radical (unpaired) electrons. The summed E-state index contributed by atoms with van der Waals surface area (Å²) >= 11 is 0. The van der Waals surface area contributed by atoms with Gasteiger partial charge in [0.1, 0.15) is 12.2 Å². The summed E-state index contributed by atoms with van der Waals surface area (Å²) in [6.07, 6.45) is 41.1. The Morgan fingerprint density at radius 3 is 1.27 bits per heavy atom. The Morgan fingerprint density at radius 2 is 0.847 bits per heavy atom. The van der Waals surface area contributed by atoms with E-state index in [9.17, 15) is 18.0 Å². The lowest BCUT2D eigenvalue weighted by Crippen LogP contribution is -2.32. The van der Waals surface area contributed by atoms with Crippen LogP contribution in [0.15, 0.2) is 0 Å². The molecule has 0 aromatic carbocycles. The Labute approximate surface area is 366 Å². The first-order valence-corrected chi connectivity index (χ1v) is 27.4. The predicted molar refractivity (Wildman–Crippen MR) is 250 cm³/mol. The molecule has 0 saturated heterocycles. The van der Waals surface area contributed by atoms with E-state index < -0.39 is 10.0 Å². The maximum absolute atomic E-state index is 12.8. The van der Waals surface area contributed by atoms with Gasteiger partial charge in [0, 0.05) is 19.4 Å². The third kappa shape index (κ3) is 35.0. The van der Waals surface area contributed by atoms with E-state index in [1.165, 1.54) is 109 Å². The molecule has 59 heavy (non-hydrogen) atoms. The van der Waals surface area contributed by atoms with Crippen molar-refractivity contribution in [1.29, 1.82) is 0 Å². The summed E-state index contributed by atoms with van der Waals surface area (Å²) < 4.78 is 39.3. The van der Waals surface area contributed by atoms with Gasteiger partial charge in [0.2, 0.25) is 10.0 Å². The van der Waals surface area contributed by atoms with Crippen LogP contribution in [0.25, 0.3) is 0 Å². The second kappa shape index (κ2) is 39.6. The van der Waals surface area contributed by atoms with Crippen molar-refractivity contribution in [2.45, 2.75) is 283 Å². The molecule has 1 fully saturated rings. The van der Waals surface area contributed by atoms with E-state index in [1.54, 1.807) is 0 Å². The largest absolute Gasteiger partial charge is 0.462 e. The number of rotatable bonds is 46. The predicted octanol–water partition coefficient (Wildman–Crippen LogP) is 13.9. The molecule has 0 amide bonds. The average Bonchev–Trinajstić information content (AvgIpc) is 4.09. The lowest BCUT2D eigenvalue weighted by molar-refractivity contribution is -0.150. The number of nitrogens with one attached hydrogen (secondary N) is 1. The summed E-state index contributed by atoms with van der Waals surface area (Å²) in [5, 5.41) is -0.169. The van der Waals surface area contributed by atoms with Gasteiger partial charge in [-0.25, -0.2) is 13.1 Å². The number of hydrogen-bond donors (Lipinski definition) is 1. The second-order valence-electron chi connectivity index (χ2n) is 18.2. The topological polar surface area (TPSA) is 102 Å². The lowest BCUT2D eigenvalue weighted by Gasteiger charge is -2.22. The van der Waals surface area contributed by atoms with Crippen LogP contribution in [0, 0.1) is 0 Å². The molecule has 1 atom stereocenters. The normalized spacial score (nSPS) is 13.7. The maximum atomic E-state index is 12.8. The monoisotopic (exact) mass is 855 g/mol. The van der Waals surface area contributed by atoms with Crippen LogP contribution < -0.4 is 4.72 Å². The number of ether oxygens (including phenoxy) is 2. The highest BCUT2D eigenvalue weighted by molar-refractivity contribution is 7.90. The van der Waals surface area contributed by atoms with Gasteiger partial charge in [-0.05, 0) is 110 Å². The molecule has 0 aromatic rings. The molecule has 1 aliphatic rings. The fraction of sp³-hybridized carbons (Fsp3) is 0.960. The minimum atomic E-state index is -3.13. The van der Waals surface area contributed by atoms with Crippen LogP contribution in [-0.2, 0) is 29.1 Å². The number of hydrogen-bond acceptors (Lipinski definition) is 7. The highest BCUT2D eigenvalue weighted by Gasteiger charge is 2.35. The molecular weight excluding hydrogens is 757 g/mol. The minimum absolute atomic E-state index is 0.000631. The first-order chi connectivity index (χ1) is 28.7. The molecule has 0 spiro atoms. The van der Waals surface area contributed by atoms with Gasteiger partial charge in [-0.2, -0.15) is 0 Å². The number of carbonyl (C=O) groups is 2. The number of carbonyl (C=O) groups excluding carboxylic acids is 2. The van der Waals surface area contributed by atoms with Crippen molar-refractivity contribution >= 4 is 22.0 Å². The van der Waals surface area contributed by atoms with Crippen LogP contribution in [0.1, 0.15) is 265 Å². The average molecular weight is 855 g/mol. The van der Waals surface area contributed by atoms with Gasteiger partial charge in [-0.1, -0.05) is 163 Å². The van der Waals surface area contributed by atoms with Gasteiger partial charge < -0.3 is 14.4 Å². The smallest absolute Gasteiger partial charge is 0.306 e. The van der Waals surface area contributed by atoms with Crippen LogP contribution in [0.5, 0.6) is 0 Å². The van der Waals surface area contributed by atoms with Crippen molar-refractivity contribution in [3.05, 3.63) is 0 Å². The van der Waals surface area contributed by atoms with Crippen molar-refractivity contribution in [3.8, 4) is 0 Å². The quantitative estimate of drug-likeness (QED) is 0.0480. The van der Waals surface area contributed by atoms with Crippen LogP contribution in [0.3, 0.4) is 0 Å². The molecule has 8 nitrogen and oxygen atoms in total. The molecule has 1 rings (SSSR count). The second-order valence-corrected chi connectivity index (χ2v) is 20.2. The molecule has 350 valence electrons. The summed E-state index contributed by atoms with van der Waals surface area (Å²) in [5.41, 5.74) is 0. The van der Waals surface area contributed by atoms with Crippen LogP contribution in [0.2, 0.25) is 0 Å². The number of nitrogens with zero attached hydrogens (tertiary/aromatic N) is 1. The summed E-state index contributed by atoms with van der Waals surface area (Å²) in [6, 6.07) is 0. The SMILES string of the molecule is CCCCCCCCC(CC)OC(=O)CCCCCCCN(CCCCCCCC(=O)OC(CCCCCCCC)CCCCCCCC)CCCNS(=O)(=O)C1CC1. The molecule has 0 aliphatic heterocycles. The van der Waals surface area contributed by atoms with Gasteiger partial charge in [-0.3, -0.25) is 9.59 Å². The van der Waals surface area contributed by atoms with E-state index in [0.717, 1.165) is 135 Å². The fourth-order valence-corrected chi connectivity index (χ4v) is 9.60. The van der Waals surface area contributed by atoms with Crippen molar-refractivity contribution < 1.29 is 27.5 Å². The van der Waals surface area contributed by atoms with Crippen molar-refractivity contribution in [2.75, 3.05) is 26.2 Å². The van der Waals surface area contributed by atoms with Crippen LogP contribution in [-0.4, -0.2) is 68.9 Å². The molecule has 1 N–H and O–H groups in total. The van der Waals surface area contributed by atoms with E-state index >= 15 is 0 Å². The molecule has 1 aliphatic carbocycles. The summed E-state index contributed by atoms with van der Waals surface area (Å²) in [5.74, 6) is -0.0307. The van der Waals surface area contributed by atoms with Crippen molar-refractivity contribution in [3.63, 3.8) is 0 Å². The molecule has 9 heteroatoms. The van der Waals surface area contributed by atoms with Gasteiger partial charge in [0.05, 0.1) is 5.25 Å². The molecule has 0 bridgehead atoms. The summed E-state index contributed by atoms with van der Waals surface area (Å²) in [6.45, 7) is 12.3. The first-order valence-electron chi connectivity index (χ1n) is 25.8. The Bertz CT molecular complexity index is 1050. The maximum Gasteiger partial charge on any atom is 0.306 e. The van der Waals surface area contributed by atoms with Crippen molar-refractivity contribution in [1.82, 2.24) is 9.62 Å². The van der Waals surface area contributed by atoms with E-state index in [2.05, 4.69) is 37.3 Å². The zero-order valence-corrected chi connectivity index (χ0v) is 40.3. The highest BCUT2D eigenvalue weighted by atomic mass is 32.2. The third-order valence-electron chi connectivity index (χ3n) is 12.3. The zero-order valence-electron chi connectivity index (χ0n) is 39.5. The lowest BCUT2D eigenvalue weighted by atomic mass is 10.0. The standard InChI is InChI=1S/C50H98N2O6S/c1-5-9-12-15-20-27-35-46(8-4)57-49(53)38-30-23-18-25-32-43-52(45-34-42-51-59(55,56)48-40-41-48)44-33-26-19-24-31-39-50(54)58-47(36-28-21-16-13-10-6-2)37-29-22-17-14-11-7-3/h46-48,51H,5-45H2,1-4H3. The zero-order chi connectivity index (χ0) is 43.1. The number of unbranched alkanes of at least 4 members (excludes halogenated alkanes) is 23. The van der Waals surface area contributed by atoms with E-state index in [1.807, 2.05) is 0 Å². The molecule has 1 saturated carbocycles. The Balaban J connectivity index is 2.34. The van der Waals surface area contributed by atoms with E-state index in [4.69, 9.17) is 9.47 Å². The third-order valence-corrected chi connectivity index (χ3v) is 14.3. The molecule has 1 unspecified atom stereocenters. The van der Waals surface area contributed by atoms with Crippen molar-refractivity contribution in [2.24, 2.45) is 0 Å². The summed E-state index contributed by atoms with van der Waals surface area (Å²) in [7, 11) is -3.13. The molecule has 0 aromatic heterocycles. The van der Waals surface area contributed by atoms with Gasteiger partial charge in [0.15, 0.2) is 0 Å². The molecular formula is C50H98N2O6S. The molecule has 0 heterocycles. The number of sulfonamides is 1. The Kier molecular flexibility index (Phi) is 37.5. The Hall–Kier alpha value is -1.19. The number of esters is 2. The van der Waals surface area contributed by atoms with Gasteiger partial charge in [-0.15, -0.1) is 0 Å². The van der Waals surface area contributed by atoms with E-state index in [0.29, 0.717) is 19.4 Å². The minimum Gasteiger partial charge on any atom is -0.462 e. The van der Waals surface area contributed by atoms with Crippen LogP contribution >= 0.6 is 0 Å². The fourth-order valence-electron chi connectivity index (χ4n) is 8.17. The first kappa shape index (κ1) is 55.8. The van der Waals surface area contributed by atoms with Crippen LogP contribution in [0.4, 0.5) is 0 Å². The van der Waals surface area contributed by atoms with Gasteiger partial charge in [0.25, 0.3) is 0 Å². The Morgan fingerprint density at radius 1 is 0.492 bits per heavy atom.